The Labute approximate surface area is 98.8 Å². The predicted octanol–water partition coefficient (Wildman–Crippen LogP) is 3.59. The lowest BCUT2D eigenvalue weighted by molar-refractivity contribution is -0.384. The molecule has 0 atom stereocenters. The molecule has 1 heterocycles. The van der Waals surface area contributed by atoms with E-state index in [2.05, 4.69) is 4.98 Å². The van der Waals surface area contributed by atoms with Crippen molar-refractivity contribution in [3.05, 3.63) is 44.3 Å². The highest BCUT2D eigenvalue weighted by Gasteiger charge is 2.17. The molecular formula is C9H3Cl2FN2O2. The van der Waals surface area contributed by atoms with E-state index in [4.69, 9.17) is 23.2 Å². The Hall–Kier alpha value is -1.46. The summed E-state index contributed by atoms with van der Waals surface area (Å²) >= 11 is 11.3. The third-order valence-electron chi connectivity index (χ3n) is 2.02. The minimum atomic E-state index is -0.696. The van der Waals surface area contributed by atoms with Gasteiger partial charge in [-0.3, -0.25) is 10.1 Å². The van der Waals surface area contributed by atoms with Gasteiger partial charge in [-0.05, 0) is 12.1 Å². The summed E-state index contributed by atoms with van der Waals surface area (Å²) in [5.74, 6) is -0.696. The summed E-state index contributed by atoms with van der Waals surface area (Å²) in [5, 5.41) is 10.5. The Morgan fingerprint density at radius 1 is 1.38 bits per heavy atom. The molecule has 2 aromatic rings. The second kappa shape index (κ2) is 3.84. The van der Waals surface area contributed by atoms with Crippen molar-refractivity contribution in [3.63, 3.8) is 0 Å². The average Bonchev–Trinajstić information content (AvgIpc) is 2.21. The van der Waals surface area contributed by atoms with Gasteiger partial charge in [0.05, 0.1) is 15.5 Å². The molecule has 0 aliphatic carbocycles. The first-order chi connectivity index (χ1) is 7.50. The van der Waals surface area contributed by atoms with Crippen molar-refractivity contribution in [2.24, 2.45) is 0 Å². The number of rotatable bonds is 1. The number of fused-ring (bicyclic) bond motifs is 1. The van der Waals surface area contributed by atoms with E-state index >= 15 is 0 Å². The van der Waals surface area contributed by atoms with Crippen LogP contribution in [-0.4, -0.2) is 9.91 Å². The Morgan fingerprint density at radius 2 is 2.06 bits per heavy atom. The maximum Gasteiger partial charge on any atom is 0.306 e. The topological polar surface area (TPSA) is 56.0 Å². The molecule has 0 aliphatic heterocycles. The molecule has 1 aromatic heterocycles. The van der Waals surface area contributed by atoms with Crippen molar-refractivity contribution >= 4 is 39.8 Å². The van der Waals surface area contributed by atoms with Crippen LogP contribution in [0.25, 0.3) is 10.9 Å². The lowest BCUT2D eigenvalue weighted by Gasteiger charge is -2.02. The van der Waals surface area contributed by atoms with Crippen LogP contribution >= 0.6 is 23.2 Å². The minimum absolute atomic E-state index is 0.107. The van der Waals surface area contributed by atoms with E-state index < -0.39 is 10.7 Å². The number of hydrogen-bond acceptors (Lipinski definition) is 3. The van der Waals surface area contributed by atoms with Gasteiger partial charge in [-0.25, -0.2) is 9.37 Å². The van der Waals surface area contributed by atoms with Crippen LogP contribution in [0, 0.1) is 15.9 Å². The van der Waals surface area contributed by atoms with Gasteiger partial charge in [0.2, 0.25) is 0 Å². The monoisotopic (exact) mass is 260 g/mol. The van der Waals surface area contributed by atoms with E-state index in [0.29, 0.717) is 5.52 Å². The molecule has 0 radical (unpaired) electrons. The molecule has 0 bridgehead atoms. The maximum absolute atomic E-state index is 13.2. The van der Waals surface area contributed by atoms with Crippen LogP contribution in [-0.2, 0) is 0 Å². The molecule has 82 valence electrons. The molecule has 0 aliphatic rings. The summed E-state index contributed by atoms with van der Waals surface area (Å²) < 4.78 is 13.2. The lowest BCUT2D eigenvalue weighted by Crippen LogP contribution is -1.92. The quantitative estimate of drug-likeness (QED) is 0.582. The van der Waals surface area contributed by atoms with Gasteiger partial charge in [-0.15, -0.1) is 0 Å². The first-order valence-electron chi connectivity index (χ1n) is 4.08. The summed E-state index contributed by atoms with van der Waals surface area (Å²) in [7, 11) is 0. The number of pyridine rings is 1. The van der Waals surface area contributed by atoms with Crippen LogP contribution < -0.4 is 0 Å². The third kappa shape index (κ3) is 1.68. The van der Waals surface area contributed by atoms with E-state index in [9.17, 15) is 14.5 Å². The second-order valence-electron chi connectivity index (χ2n) is 3.00. The number of hydrogen-bond donors (Lipinski definition) is 0. The molecule has 7 heteroatoms. The number of benzene rings is 1. The van der Waals surface area contributed by atoms with Gasteiger partial charge in [0.25, 0.3) is 0 Å². The lowest BCUT2D eigenvalue weighted by atomic mass is 10.2. The zero-order valence-corrected chi connectivity index (χ0v) is 9.09. The SMILES string of the molecule is O=[N+]([O-])c1cnc2cc(Cl)c(F)cc2c1Cl. The second-order valence-corrected chi connectivity index (χ2v) is 3.78. The molecule has 0 fully saturated rings. The molecule has 0 unspecified atom stereocenters. The summed E-state index contributed by atoms with van der Waals surface area (Å²) in [6, 6.07) is 2.29. The van der Waals surface area contributed by atoms with Gasteiger partial charge in [-0.1, -0.05) is 23.2 Å². The van der Waals surface area contributed by atoms with Crippen molar-refractivity contribution in [2.45, 2.75) is 0 Å². The highest BCUT2D eigenvalue weighted by atomic mass is 35.5. The fraction of sp³-hybridized carbons (Fsp3) is 0. The fourth-order valence-corrected chi connectivity index (χ4v) is 1.70. The normalized spacial score (nSPS) is 10.7. The predicted molar refractivity (Wildman–Crippen MR) is 58.4 cm³/mol. The average molecular weight is 261 g/mol. The standard InChI is InChI=1S/C9H3Cl2FN2O2/c10-5-2-7-4(1-6(5)12)9(11)8(3-13-7)14(15)16/h1-3H. The van der Waals surface area contributed by atoms with Crippen molar-refractivity contribution in [3.8, 4) is 0 Å². The van der Waals surface area contributed by atoms with Gasteiger partial charge >= 0.3 is 5.69 Å². The van der Waals surface area contributed by atoms with E-state index in [1.807, 2.05) is 0 Å². The fourth-order valence-electron chi connectivity index (χ4n) is 1.27. The zero-order valence-electron chi connectivity index (χ0n) is 7.58. The largest absolute Gasteiger partial charge is 0.306 e. The molecule has 16 heavy (non-hydrogen) atoms. The first kappa shape index (κ1) is 11.0. The van der Waals surface area contributed by atoms with Gasteiger partial charge in [-0.2, -0.15) is 0 Å². The van der Waals surface area contributed by atoms with Crippen LogP contribution in [0.4, 0.5) is 10.1 Å². The maximum atomic E-state index is 13.2. The number of aromatic nitrogens is 1. The minimum Gasteiger partial charge on any atom is -0.258 e. The molecule has 1 aromatic carbocycles. The third-order valence-corrected chi connectivity index (χ3v) is 2.71. The molecule has 0 saturated heterocycles. The molecular weight excluding hydrogens is 258 g/mol. The van der Waals surface area contributed by atoms with E-state index in [0.717, 1.165) is 12.3 Å². The van der Waals surface area contributed by atoms with Crippen molar-refractivity contribution in [1.82, 2.24) is 4.98 Å². The number of nitrogens with zero attached hydrogens (tertiary/aromatic N) is 2. The Bertz CT molecular complexity index is 604. The van der Waals surface area contributed by atoms with Crippen molar-refractivity contribution in [1.29, 1.82) is 0 Å². The van der Waals surface area contributed by atoms with Crippen LogP contribution in [0.15, 0.2) is 18.3 Å². The van der Waals surface area contributed by atoms with Crippen molar-refractivity contribution < 1.29 is 9.31 Å². The van der Waals surface area contributed by atoms with Gasteiger partial charge in [0.1, 0.15) is 17.0 Å². The molecule has 0 amide bonds. The smallest absolute Gasteiger partial charge is 0.258 e. The highest BCUT2D eigenvalue weighted by molar-refractivity contribution is 6.38. The van der Waals surface area contributed by atoms with Crippen molar-refractivity contribution in [2.75, 3.05) is 0 Å². The van der Waals surface area contributed by atoms with E-state index in [1.54, 1.807) is 0 Å². The summed E-state index contributed by atoms with van der Waals surface area (Å²) in [6.45, 7) is 0. The molecule has 0 saturated carbocycles. The molecule has 0 N–H and O–H groups in total. The number of nitro groups is 1. The highest BCUT2D eigenvalue weighted by Crippen LogP contribution is 2.33. The Kier molecular flexibility index (Phi) is 2.65. The Balaban J connectivity index is 2.84. The molecule has 4 nitrogen and oxygen atoms in total. The Morgan fingerprint density at radius 3 is 2.69 bits per heavy atom. The van der Waals surface area contributed by atoms with Crippen LogP contribution in [0.2, 0.25) is 10.0 Å². The molecule has 2 rings (SSSR count). The van der Waals surface area contributed by atoms with Crippen LogP contribution in [0.5, 0.6) is 0 Å². The van der Waals surface area contributed by atoms with Gasteiger partial charge in [0.15, 0.2) is 0 Å². The van der Waals surface area contributed by atoms with Gasteiger partial charge in [0, 0.05) is 5.39 Å². The summed E-state index contributed by atoms with van der Waals surface area (Å²) in [4.78, 5) is 13.7. The van der Waals surface area contributed by atoms with E-state index in [-0.39, 0.29) is 21.1 Å². The number of halogens is 3. The van der Waals surface area contributed by atoms with E-state index in [1.165, 1.54) is 6.07 Å². The summed E-state index contributed by atoms with van der Waals surface area (Å²) in [5.41, 5.74) is -0.0575. The van der Waals surface area contributed by atoms with Crippen LogP contribution in [0.1, 0.15) is 0 Å². The summed E-state index contributed by atoms with van der Waals surface area (Å²) in [6.07, 6.45) is 1.01. The van der Waals surface area contributed by atoms with Gasteiger partial charge < -0.3 is 0 Å². The zero-order chi connectivity index (χ0) is 11.9. The van der Waals surface area contributed by atoms with Crippen LogP contribution in [0.3, 0.4) is 0 Å². The molecule has 0 spiro atoms. The first-order valence-corrected chi connectivity index (χ1v) is 4.84.